The van der Waals surface area contributed by atoms with Gasteiger partial charge >= 0.3 is 12.0 Å². The van der Waals surface area contributed by atoms with E-state index in [0.717, 1.165) is 11.4 Å². The summed E-state index contributed by atoms with van der Waals surface area (Å²) in [6, 6.07) is -0.763. The predicted molar refractivity (Wildman–Crippen MR) is 102 cm³/mol. The van der Waals surface area contributed by atoms with E-state index in [1.165, 1.54) is 16.2 Å². The van der Waals surface area contributed by atoms with Gasteiger partial charge in [-0.15, -0.1) is 10.2 Å². The van der Waals surface area contributed by atoms with Crippen LogP contribution in [-0.2, 0) is 16.0 Å². The van der Waals surface area contributed by atoms with E-state index in [1.807, 2.05) is 13.8 Å². The fourth-order valence-electron chi connectivity index (χ4n) is 3.00. The van der Waals surface area contributed by atoms with Crippen molar-refractivity contribution in [1.82, 2.24) is 20.4 Å². The maximum Gasteiger partial charge on any atom is 0.317 e. The van der Waals surface area contributed by atoms with Gasteiger partial charge in [0.2, 0.25) is 11.0 Å². The zero-order valence-corrected chi connectivity index (χ0v) is 16.9. The predicted octanol–water partition coefficient (Wildman–Crippen LogP) is 1.82. The molecule has 1 aliphatic rings. The third-order valence-electron chi connectivity index (χ3n) is 4.81. The summed E-state index contributed by atoms with van der Waals surface area (Å²) in [5.74, 6) is -2.06. The number of carboxylic acid groups (broad SMARTS) is 1. The van der Waals surface area contributed by atoms with E-state index < -0.39 is 23.8 Å². The van der Waals surface area contributed by atoms with Crippen LogP contribution < -0.4 is 10.6 Å². The Morgan fingerprint density at radius 2 is 2.00 bits per heavy atom. The van der Waals surface area contributed by atoms with Crippen LogP contribution in [0.15, 0.2) is 0 Å². The molecule has 0 saturated carbocycles. The Morgan fingerprint density at radius 1 is 1.30 bits per heavy atom. The number of carbonyl (C=O) groups is 3. The summed E-state index contributed by atoms with van der Waals surface area (Å²) in [5, 5.41) is 23.9. The van der Waals surface area contributed by atoms with Crippen molar-refractivity contribution < 1.29 is 19.5 Å². The van der Waals surface area contributed by atoms with E-state index >= 15 is 0 Å². The molecule has 1 saturated heterocycles. The number of piperidine rings is 1. The van der Waals surface area contributed by atoms with E-state index in [4.69, 9.17) is 0 Å². The minimum atomic E-state index is -0.886. The van der Waals surface area contributed by atoms with Gasteiger partial charge in [0.15, 0.2) is 0 Å². The van der Waals surface area contributed by atoms with Crippen molar-refractivity contribution in [3.63, 3.8) is 0 Å². The maximum absolute atomic E-state index is 12.5. The van der Waals surface area contributed by atoms with Crippen molar-refractivity contribution in [3.8, 4) is 0 Å². The number of carbonyl (C=O) groups excluding carboxylic acids is 2. The normalized spacial score (nSPS) is 22.0. The van der Waals surface area contributed by atoms with Crippen molar-refractivity contribution in [2.75, 3.05) is 18.4 Å². The molecule has 0 radical (unpaired) electrons. The molecule has 2 rings (SSSR count). The number of nitrogens with zero attached hydrogens (tertiary/aromatic N) is 3. The van der Waals surface area contributed by atoms with Crippen molar-refractivity contribution in [3.05, 3.63) is 5.01 Å². The van der Waals surface area contributed by atoms with Crippen molar-refractivity contribution in [2.24, 2.45) is 17.8 Å². The van der Waals surface area contributed by atoms with Gasteiger partial charge in [-0.05, 0) is 25.7 Å². The van der Waals surface area contributed by atoms with Gasteiger partial charge in [0, 0.05) is 19.1 Å². The molecule has 1 fully saturated rings. The first-order chi connectivity index (χ1) is 12.7. The lowest BCUT2D eigenvalue weighted by atomic mass is 9.91. The molecule has 0 aliphatic carbocycles. The number of urea groups is 1. The first-order valence-electron chi connectivity index (χ1n) is 9.12. The quantitative estimate of drug-likeness (QED) is 0.672. The lowest BCUT2D eigenvalue weighted by molar-refractivity contribution is -0.143. The summed E-state index contributed by atoms with van der Waals surface area (Å²) in [5.41, 5.74) is 0. The molecule has 4 atom stereocenters. The molecular formula is C17H27N5O4S. The van der Waals surface area contributed by atoms with Crippen LogP contribution >= 0.6 is 11.3 Å². The second-order valence-corrected chi connectivity index (χ2v) is 8.21. The highest BCUT2D eigenvalue weighted by molar-refractivity contribution is 7.15. The molecule has 9 nitrogen and oxygen atoms in total. The van der Waals surface area contributed by atoms with Gasteiger partial charge in [-0.25, -0.2) is 4.79 Å². The fraction of sp³-hybridized carbons (Fsp3) is 0.706. The van der Waals surface area contributed by atoms with Crippen LogP contribution in [0.3, 0.4) is 0 Å². The minimum Gasteiger partial charge on any atom is -0.481 e. The molecule has 10 heteroatoms. The first-order valence-corrected chi connectivity index (χ1v) is 9.94. The molecule has 4 unspecified atom stereocenters. The minimum absolute atomic E-state index is 0.117. The number of aromatic nitrogens is 2. The fourth-order valence-corrected chi connectivity index (χ4v) is 3.68. The van der Waals surface area contributed by atoms with Gasteiger partial charge in [0.05, 0.1) is 11.8 Å². The van der Waals surface area contributed by atoms with Crippen LogP contribution in [-0.4, -0.2) is 57.2 Å². The van der Waals surface area contributed by atoms with Gasteiger partial charge in [0.1, 0.15) is 5.01 Å². The van der Waals surface area contributed by atoms with Gasteiger partial charge in [0.25, 0.3) is 0 Å². The van der Waals surface area contributed by atoms with E-state index in [9.17, 15) is 19.5 Å². The highest BCUT2D eigenvalue weighted by Gasteiger charge is 2.33. The van der Waals surface area contributed by atoms with Crippen molar-refractivity contribution >= 4 is 34.4 Å². The molecule has 0 aromatic carbocycles. The number of anilines is 1. The molecule has 1 aromatic heterocycles. The van der Waals surface area contributed by atoms with Gasteiger partial charge in [-0.2, -0.15) is 0 Å². The zero-order chi connectivity index (χ0) is 20.1. The second-order valence-electron chi connectivity index (χ2n) is 7.15. The SMILES string of the molecule is CCc1nnc(NC(=O)C(C)C(C)NC(=O)N2CC(C)CC(C(=O)O)C2)s1. The Hall–Kier alpha value is -2.23. The van der Waals surface area contributed by atoms with Crippen LogP contribution in [0.5, 0.6) is 0 Å². The molecule has 3 amide bonds. The Balaban J connectivity index is 1.90. The average molecular weight is 398 g/mol. The van der Waals surface area contributed by atoms with Crippen LogP contribution in [0.1, 0.15) is 39.1 Å². The molecule has 2 heterocycles. The number of hydrogen-bond acceptors (Lipinski definition) is 6. The molecule has 1 aliphatic heterocycles. The van der Waals surface area contributed by atoms with E-state index in [2.05, 4.69) is 20.8 Å². The second kappa shape index (κ2) is 9.12. The van der Waals surface area contributed by atoms with Crippen LogP contribution in [0, 0.1) is 17.8 Å². The average Bonchev–Trinajstić information content (AvgIpc) is 3.07. The number of hydrogen-bond donors (Lipinski definition) is 3. The Labute approximate surface area is 162 Å². The summed E-state index contributed by atoms with van der Waals surface area (Å²) < 4.78 is 0. The number of carboxylic acids is 1. The van der Waals surface area contributed by atoms with E-state index in [-0.39, 0.29) is 24.4 Å². The van der Waals surface area contributed by atoms with Crippen molar-refractivity contribution in [1.29, 1.82) is 0 Å². The lowest BCUT2D eigenvalue weighted by Crippen LogP contribution is -2.53. The summed E-state index contributed by atoms with van der Waals surface area (Å²) in [6.45, 7) is 8.06. The number of aliphatic carboxylic acids is 1. The summed E-state index contributed by atoms with van der Waals surface area (Å²) in [4.78, 5) is 37.7. The highest BCUT2D eigenvalue weighted by Crippen LogP contribution is 2.22. The topological polar surface area (TPSA) is 125 Å². The number of amides is 3. The number of rotatable bonds is 6. The van der Waals surface area contributed by atoms with Crippen molar-refractivity contribution in [2.45, 2.75) is 46.6 Å². The number of nitrogens with one attached hydrogen (secondary N) is 2. The Morgan fingerprint density at radius 3 is 2.59 bits per heavy atom. The van der Waals surface area contributed by atoms with E-state index in [1.54, 1.807) is 13.8 Å². The number of likely N-dealkylation sites (tertiary alicyclic amines) is 1. The molecule has 0 spiro atoms. The largest absolute Gasteiger partial charge is 0.481 e. The third-order valence-corrected chi connectivity index (χ3v) is 5.79. The highest BCUT2D eigenvalue weighted by atomic mass is 32.1. The van der Waals surface area contributed by atoms with E-state index in [0.29, 0.717) is 18.1 Å². The molecule has 0 bridgehead atoms. The summed E-state index contributed by atoms with van der Waals surface area (Å²) in [7, 11) is 0. The molecule has 1 aromatic rings. The Kier molecular flexibility index (Phi) is 7.11. The summed E-state index contributed by atoms with van der Waals surface area (Å²) in [6.07, 6.45) is 1.32. The third kappa shape index (κ3) is 5.62. The zero-order valence-electron chi connectivity index (χ0n) is 16.1. The number of aryl methyl sites for hydroxylation is 1. The molecular weight excluding hydrogens is 370 g/mol. The summed E-state index contributed by atoms with van der Waals surface area (Å²) >= 11 is 1.32. The molecule has 3 N–H and O–H groups in total. The Bertz CT molecular complexity index is 695. The standard InChI is InChI=1S/C17H27N5O4S/c1-5-13-20-21-16(27-13)19-14(23)10(3)11(4)18-17(26)22-7-9(2)6-12(8-22)15(24)25/h9-12H,5-8H2,1-4H3,(H,18,26)(H,24,25)(H,19,21,23). The monoisotopic (exact) mass is 397 g/mol. The van der Waals surface area contributed by atoms with Crippen LogP contribution in [0.2, 0.25) is 0 Å². The first kappa shape index (κ1) is 21.1. The molecule has 150 valence electrons. The van der Waals surface area contributed by atoms with Gasteiger partial charge < -0.3 is 20.6 Å². The van der Waals surface area contributed by atoms with Crippen LogP contribution in [0.4, 0.5) is 9.93 Å². The lowest BCUT2D eigenvalue weighted by Gasteiger charge is -2.35. The van der Waals surface area contributed by atoms with Crippen LogP contribution in [0.25, 0.3) is 0 Å². The van der Waals surface area contributed by atoms with Gasteiger partial charge in [-0.1, -0.05) is 32.1 Å². The smallest absolute Gasteiger partial charge is 0.317 e. The maximum atomic E-state index is 12.5. The molecule has 27 heavy (non-hydrogen) atoms. The van der Waals surface area contributed by atoms with Gasteiger partial charge in [-0.3, -0.25) is 9.59 Å².